The molecule has 0 aromatic heterocycles. The Bertz CT molecular complexity index is 1430. The fourth-order valence-electron chi connectivity index (χ4n) is 14.1. The molecule has 56 heavy (non-hydrogen) atoms. The van der Waals surface area contributed by atoms with Crippen molar-refractivity contribution >= 4 is 0 Å². The molecule has 7 aliphatic rings. The van der Waals surface area contributed by atoms with Crippen LogP contribution >= 0.6 is 0 Å². The highest BCUT2D eigenvalue weighted by Gasteiger charge is 2.74. The van der Waals surface area contributed by atoms with E-state index < -0.39 is 114 Å². The lowest BCUT2D eigenvalue weighted by atomic mass is 9.34. The van der Waals surface area contributed by atoms with Crippen LogP contribution in [0.5, 0.6) is 0 Å². The van der Waals surface area contributed by atoms with Gasteiger partial charge in [-0.25, -0.2) is 0 Å². The van der Waals surface area contributed by atoms with Gasteiger partial charge in [-0.05, 0) is 124 Å². The predicted octanol–water partition coefficient (Wildman–Crippen LogP) is 1.36. The summed E-state index contributed by atoms with van der Waals surface area (Å²) >= 11 is 0. The number of hydrogen-bond donors (Lipinski definition) is 9. The molecule has 14 nitrogen and oxygen atoms in total. The molecule has 3 saturated heterocycles. The van der Waals surface area contributed by atoms with Crippen molar-refractivity contribution < 1.29 is 69.6 Å². The summed E-state index contributed by atoms with van der Waals surface area (Å²) < 4.78 is 32.0. The van der Waals surface area contributed by atoms with Crippen LogP contribution < -0.4 is 0 Å². The van der Waals surface area contributed by atoms with Crippen LogP contribution in [0.15, 0.2) is 0 Å². The van der Waals surface area contributed by atoms with E-state index in [1.165, 1.54) is 6.92 Å². The molecule has 0 amide bonds. The average Bonchev–Trinajstić information content (AvgIpc) is 3.71. The zero-order valence-electron chi connectivity index (χ0n) is 34.8. The Kier molecular flexibility index (Phi) is 11.3. The molecule has 0 aromatic rings. The molecule has 324 valence electrons. The van der Waals surface area contributed by atoms with Gasteiger partial charge in [-0.1, -0.05) is 34.6 Å². The molecule has 22 atom stereocenters. The molecular formula is C42H72O14. The van der Waals surface area contributed by atoms with E-state index in [1.807, 2.05) is 0 Å². The third kappa shape index (κ3) is 6.49. The first kappa shape index (κ1) is 43.5. The second-order valence-electron chi connectivity index (χ2n) is 21.2. The minimum atomic E-state index is -1.70. The fraction of sp³-hybridized carbons (Fsp3) is 1.00. The molecule has 0 aromatic carbocycles. The van der Waals surface area contributed by atoms with E-state index in [2.05, 4.69) is 41.5 Å². The van der Waals surface area contributed by atoms with Crippen molar-refractivity contribution in [3.8, 4) is 0 Å². The highest BCUT2D eigenvalue weighted by Crippen LogP contribution is 2.76. The molecular weight excluding hydrogens is 728 g/mol. The molecule has 7 fully saturated rings. The standard InChI is InChI=1S/C42H72O14/c1-19-28(46)30(48)32(50)35(52-19)55-33-31(49)29(47)23(18-43)54-36(33)53-22-17-41(8)24(39(6)13-11-25(45)37(2,3)34(22)39)16-21(44)27-20(10-14-40(27,41)7)42(9)15-12-26(56-42)38(4,5)51/h19-36,43-51H,10-18H2,1-9H3/t19-,20-,21+,22-,23+,24+,25-,26+,27-,28-,29+,30+,31-,32+,33+,34+,35-,36+,39+,40+,41+,42-/m0/s1. The van der Waals surface area contributed by atoms with Crippen LogP contribution in [0.25, 0.3) is 0 Å². The predicted molar refractivity (Wildman–Crippen MR) is 200 cm³/mol. The Hall–Kier alpha value is -0.560. The Morgan fingerprint density at radius 1 is 0.732 bits per heavy atom. The molecule has 9 N–H and O–H groups in total. The van der Waals surface area contributed by atoms with Gasteiger partial charge in [0, 0.05) is 0 Å². The summed E-state index contributed by atoms with van der Waals surface area (Å²) in [6.07, 6.45) is -11.0. The molecule has 4 saturated carbocycles. The van der Waals surface area contributed by atoms with E-state index in [4.69, 9.17) is 23.7 Å². The van der Waals surface area contributed by atoms with Crippen LogP contribution in [0.2, 0.25) is 0 Å². The lowest BCUT2D eigenvalue weighted by Gasteiger charge is -2.72. The number of hydrogen-bond acceptors (Lipinski definition) is 14. The van der Waals surface area contributed by atoms with E-state index in [9.17, 15) is 46.0 Å². The summed E-state index contributed by atoms with van der Waals surface area (Å²) in [6.45, 7) is 17.6. The summed E-state index contributed by atoms with van der Waals surface area (Å²) in [5.41, 5.74) is -3.36. The fourth-order valence-corrected chi connectivity index (χ4v) is 14.1. The van der Waals surface area contributed by atoms with Crippen molar-refractivity contribution in [3.05, 3.63) is 0 Å². The van der Waals surface area contributed by atoms with E-state index >= 15 is 0 Å². The van der Waals surface area contributed by atoms with Crippen molar-refractivity contribution in [1.29, 1.82) is 0 Å². The highest BCUT2D eigenvalue weighted by molar-refractivity contribution is 5.22. The lowest BCUT2D eigenvalue weighted by Crippen LogP contribution is -2.71. The first-order chi connectivity index (χ1) is 25.9. The number of ether oxygens (including phenoxy) is 5. The summed E-state index contributed by atoms with van der Waals surface area (Å²) in [5.74, 6) is -0.246. The van der Waals surface area contributed by atoms with Gasteiger partial charge >= 0.3 is 0 Å². The van der Waals surface area contributed by atoms with Gasteiger partial charge in [-0.15, -0.1) is 0 Å². The maximum absolute atomic E-state index is 12.4. The molecule has 0 unspecified atom stereocenters. The molecule has 14 heteroatoms. The van der Waals surface area contributed by atoms with Crippen molar-refractivity contribution in [2.45, 2.75) is 211 Å². The van der Waals surface area contributed by atoms with Gasteiger partial charge in [-0.2, -0.15) is 0 Å². The maximum Gasteiger partial charge on any atom is 0.187 e. The van der Waals surface area contributed by atoms with Crippen LogP contribution in [0.4, 0.5) is 0 Å². The van der Waals surface area contributed by atoms with Gasteiger partial charge in [0.15, 0.2) is 12.6 Å². The zero-order valence-corrected chi connectivity index (χ0v) is 34.8. The van der Waals surface area contributed by atoms with Gasteiger partial charge in [0.05, 0.1) is 48.3 Å². The third-order valence-electron chi connectivity index (χ3n) is 17.3. The summed E-state index contributed by atoms with van der Waals surface area (Å²) in [4.78, 5) is 0. The Balaban J connectivity index is 1.26. The SMILES string of the molecule is C[C@@H]1O[C@@H](O[C@H]2[C@H](O[C@H]3C[C@]4(C)[C@H](C[C@@H](O)[C@@H]5[C@@H]([C@]6(C)CC[C@H](C(C)(C)O)O6)CC[C@]54C)[C@@]4(C)CC[C@H](O)C(C)(C)[C@@H]34)O[C@H](CO)[C@@H](O)[C@@H]2O)[C@H](O)[C@H](O)[C@H]1O. The Morgan fingerprint density at radius 3 is 2.04 bits per heavy atom. The first-order valence-electron chi connectivity index (χ1n) is 21.2. The first-order valence-corrected chi connectivity index (χ1v) is 21.2. The quantitative estimate of drug-likeness (QED) is 0.166. The molecule has 7 rings (SSSR count). The van der Waals surface area contributed by atoms with Crippen LogP contribution in [0, 0.1) is 45.3 Å². The van der Waals surface area contributed by atoms with Crippen molar-refractivity contribution in [2.24, 2.45) is 45.3 Å². The average molecular weight is 801 g/mol. The number of fused-ring (bicyclic) bond motifs is 5. The molecule has 3 heterocycles. The second-order valence-corrected chi connectivity index (χ2v) is 21.2. The third-order valence-corrected chi connectivity index (χ3v) is 17.3. The molecule has 0 radical (unpaired) electrons. The summed E-state index contributed by atoms with van der Waals surface area (Å²) in [6, 6.07) is 0. The molecule has 3 aliphatic heterocycles. The van der Waals surface area contributed by atoms with Crippen molar-refractivity contribution in [1.82, 2.24) is 0 Å². The number of aliphatic hydroxyl groups is 9. The molecule has 4 aliphatic carbocycles. The summed E-state index contributed by atoms with van der Waals surface area (Å²) in [7, 11) is 0. The minimum Gasteiger partial charge on any atom is -0.394 e. The topological polar surface area (TPSA) is 228 Å². The van der Waals surface area contributed by atoms with Gasteiger partial charge < -0.3 is 69.6 Å². The number of rotatable bonds is 7. The van der Waals surface area contributed by atoms with Crippen LogP contribution in [0.3, 0.4) is 0 Å². The number of aliphatic hydroxyl groups excluding tert-OH is 8. The Morgan fingerprint density at radius 2 is 1.41 bits per heavy atom. The van der Waals surface area contributed by atoms with Gasteiger partial charge in [-0.3, -0.25) is 0 Å². The van der Waals surface area contributed by atoms with Crippen molar-refractivity contribution in [3.63, 3.8) is 0 Å². The van der Waals surface area contributed by atoms with Gasteiger partial charge in [0.1, 0.15) is 42.7 Å². The maximum atomic E-state index is 12.4. The van der Waals surface area contributed by atoms with Gasteiger partial charge in [0.2, 0.25) is 0 Å². The minimum absolute atomic E-state index is 0.0557. The smallest absolute Gasteiger partial charge is 0.187 e. The van der Waals surface area contributed by atoms with Crippen molar-refractivity contribution in [2.75, 3.05) is 6.61 Å². The largest absolute Gasteiger partial charge is 0.394 e. The zero-order chi connectivity index (χ0) is 41.3. The highest BCUT2D eigenvalue weighted by atomic mass is 16.8. The molecule has 0 spiro atoms. The normalized spacial score (nSPS) is 57.3. The van der Waals surface area contributed by atoms with Gasteiger partial charge in [0.25, 0.3) is 0 Å². The van der Waals surface area contributed by atoms with E-state index in [0.717, 1.165) is 25.7 Å². The Labute approximate surface area is 331 Å². The van der Waals surface area contributed by atoms with E-state index in [-0.39, 0.29) is 35.2 Å². The van der Waals surface area contributed by atoms with E-state index in [0.29, 0.717) is 25.7 Å². The van der Waals surface area contributed by atoms with E-state index in [1.54, 1.807) is 13.8 Å². The lowest BCUT2D eigenvalue weighted by molar-refractivity contribution is -0.382. The molecule has 0 bridgehead atoms. The van der Waals surface area contributed by atoms with Crippen LogP contribution in [0.1, 0.15) is 114 Å². The van der Waals surface area contributed by atoms with Crippen LogP contribution in [-0.2, 0) is 23.7 Å². The van der Waals surface area contributed by atoms with Crippen LogP contribution in [-0.4, -0.2) is 150 Å². The monoisotopic (exact) mass is 800 g/mol. The second kappa shape index (κ2) is 14.5. The summed E-state index contributed by atoms with van der Waals surface area (Å²) in [5, 5.41) is 99.5.